The first kappa shape index (κ1) is 19.7. The van der Waals surface area contributed by atoms with Crippen molar-refractivity contribution in [1.29, 1.82) is 0 Å². The van der Waals surface area contributed by atoms with Crippen molar-refractivity contribution in [2.75, 3.05) is 7.05 Å². The number of benzene rings is 1. The SMILES string of the molecule is CN(Cc1cnn(-c2ccccc2)c1)C(=O)CCc1nc2sc3c(c2c(=O)[nH]1)CCC3. The number of nitrogens with one attached hydrogen (secondary N) is 1. The molecule has 0 bridgehead atoms. The minimum Gasteiger partial charge on any atom is -0.341 e. The van der Waals surface area contributed by atoms with Gasteiger partial charge in [-0.1, -0.05) is 18.2 Å². The normalized spacial score (nSPS) is 12.9. The Balaban J connectivity index is 1.23. The number of para-hydroxylation sites is 1. The van der Waals surface area contributed by atoms with E-state index < -0.39 is 0 Å². The van der Waals surface area contributed by atoms with E-state index in [-0.39, 0.29) is 11.5 Å². The second-order valence-electron chi connectivity index (χ2n) is 7.93. The lowest BCUT2D eigenvalue weighted by atomic mass is 10.2. The number of aromatic amines is 1. The van der Waals surface area contributed by atoms with Gasteiger partial charge in [-0.3, -0.25) is 9.59 Å². The summed E-state index contributed by atoms with van der Waals surface area (Å²) in [6.45, 7) is 0.478. The Morgan fingerprint density at radius 1 is 1.26 bits per heavy atom. The molecule has 5 rings (SSSR count). The zero-order chi connectivity index (χ0) is 21.4. The van der Waals surface area contributed by atoms with Gasteiger partial charge in [0.1, 0.15) is 10.7 Å². The number of aromatic nitrogens is 4. The van der Waals surface area contributed by atoms with Gasteiger partial charge in [0.15, 0.2) is 0 Å². The van der Waals surface area contributed by atoms with Crippen molar-refractivity contribution in [1.82, 2.24) is 24.6 Å². The van der Waals surface area contributed by atoms with Crippen LogP contribution in [-0.2, 0) is 30.6 Å². The fraction of sp³-hybridized carbons (Fsp3) is 0.304. The van der Waals surface area contributed by atoms with Gasteiger partial charge in [0.2, 0.25) is 5.91 Å². The second-order valence-corrected chi connectivity index (χ2v) is 9.01. The summed E-state index contributed by atoms with van der Waals surface area (Å²) in [6.07, 6.45) is 7.53. The van der Waals surface area contributed by atoms with Crippen molar-refractivity contribution in [3.05, 3.63) is 74.9 Å². The largest absolute Gasteiger partial charge is 0.341 e. The van der Waals surface area contributed by atoms with Crippen LogP contribution >= 0.6 is 11.3 Å². The molecule has 1 amide bonds. The predicted molar refractivity (Wildman–Crippen MR) is 121 cm³/mol. The number of carbonyl (C=O) groups excluding carboxylic acids is 1. The van der Waals surface area contributed by atoms with E-state index in [0.717, 1.165) is 40.7 Å². The Bertz CT molecular complexity index is 1300. The van der Waals surface area contributed by atoms with Gasteiger partial charge in [-0.05, 0) is 37.0 Å². The van der Waals surface area contributed by atoms with Crippen LogP contribution in [0.1, 0.15) is 34.7 Å². The van der Waals surface area contributed by atoms with E-state index in [0.29, 0.717) is 25.2 Å². The molecule has 1 aromatic carbocycles. The summed E-state index contributed by atoms with van der Waals surface area (Å²) < 4.78 is 1.80. The Hall–Kier alpha value is -3.26. The lowest BCUT2D eigenvalue weighted by Gasteiger charge is -2.16. The van der Waals surface area contributed by atoms with Crippen molar-refractivity contribution in [2.24, 2.45) is 0 Å². The maximum atomic E-state index is 12.6. The van der Waals surface area contributed by atoms with Crippen LogP contribution in [0.2, 0.25) is 0 Å². The molecule has 1 N–H and O–H groups in total. The van der Waals surface area contributed by atoms with Gasteiger partial charge < -0.3 is 9.88 Å². The average Bonchev–Trinajstić information content (AvgIpc) is 3.48. The first-order valence-corrected chi connectivity index (χ1v) is 11.3. The molecule has 4 aromatic rings. The average molecular weight is 434 g/mol. The molecule has 158 valence electrons. The molecule has 0 spiro atoms. The number of amides is 1. The highest BCUT2D eigenvalue weighted by molar-refractivity contribution is 7.18. The van der Waals surface area contributed by atoms with Crippen LogP contribution in [0.5, 0.6) is 0 Å². The molecule has 0 unspecified atom stereocenters. The van der Waals surface area contributed by atoms with E-state index in [2.05, 4.69) is 15.1 Å². The van der Waals surface area contributed by atoms with Gasteiger partial charge >= 0.3 is 0 Å². The van der Waals surface area contributed by atoms with Crippen LogP contribution in [0.4, 0.5) is 0 Å². The molecule has 0 saturated heterocycles. The van der Waals surface area contributed by atoms with E-state index in [9.17, 15) is 9.59 Å². The quantitative estimate of drug-likeness (QED) is 0.506. The fourth-order valence-corrected chi connectivity index (χ4v) is 5.39. The van der Waals surface area contributed by atoms with Crippen LogP contribution in [-0.4, -0.2) is 37.6 Å². The molecule has 31 heavy (non-hydrogen) atoms. The molecule has 0 aliphatic heterocycles. The molecular weight excluding hydrogens is 410 g/mol. The zero-order valence-corrected chi connectivity index (χ0v) is 18.1. The summed E-state index contributed by atoms with van der Waals surface area (Å²) in [6, 6.07) is 9.86. The second kappa shape index (κ2) is 8.11. The highest BCUT2D eigenvalue weighted by Gasteiger charge is 2.21. The number of hydrogen-bond donors (Lipinski definition) is 1. The molecule has 8 heteroatoms. The number of H-pyrrole nitrogens is 1. The smallest absolute Gasteiger partial charge is 0.259 e. The Kier molecular flexibility index (Phi) is 5.15. The van der Waals surface area contributed by atoms with E-state index in [1.54, 1.807) is 34.2 Å². The number of fused-ring (bicyclic) bond motifs is 3. The summed E-state index contributed by atoms with van der Waals surface area (Å²) in [5, 5.41) is 5.13. The third-order valence-electron chi connectivity index (χ3n) is 5.70. The van der Waals surface area contributed by atoms with Gasteiger partial charge in [-0.15, -0.1) is 11.3 Å². The van der Waals surface area contributed by atoms with Crippen LogP contribution in [0.3, 0.4) is 0 Å². The van der Waals surface area contributed by atoms with Crippen molar-refractivity contribution in [3.63, 3.8) is 0 Å². The number of nitrogens with zero attached hydrogens (tertiary/aromatic N) is 4. The lowest BCUT2D eigenvalue weighted by Crippen LogP contribution is -2.26. The summed E-state index contributed by atoms with van der Waals surface area (Å²) in [4.78, 5) is 36.5. The molecule has 0 atom stereocenters. The molecule has 1 aliphatic rings. The first-order valence-electron chi connectivity index (χ1n) is 10.4. The summed E-state index contributed by atoms with van der Waals surface area (Å²) in [5.74, 6) is 0.583. The van der Waals surface area contributed by atoms with Gasteiger partial charge in [-0.25, -0.2) is 9.67 Å². The summed E-state index contributed by atoms with van der Waals surface area (Å²) >= 11 is 1.62. The molecular formula is C23H23N5O2S. The number of aryl methyl sites for hydroxylation is 3. The minimum atomic E-state index is -0.0754. The minimum absolute atomic E-state index is 0.00359. The van der Waals surface area contributed by atoms with Crippen LogP contribution in [0.25, 0.3) is 15.9 Å². The van der Waals surface area contributed by atoms with E-state index in [1.807, 2.05) is 36.5 Å². The number of rotatable bonds is 6. The molecule has 3 aromatic heterocycles. The van der Waals surface area contributed by atoms with Crippen molar-refractivity contribution < 1.29 is 4.79 Å². The third-order valence-corrected chi connectivity index (χ3v) is 6.89. The Morgan fingerprint density at radius 2 is 2.10 bits per heavy atom. The molecule has 3 heterocycles. The molecule has 0 saturated carbocycles. The number of hydrogen-bond acceptors (Lipinski definition) is 5. The van der Waals surface area contributed by atoms with Gasteiger partial charge in [0.25, 0.3) is 5.56 Å². The molecule has 7 nitrogen and oxygen atoms in total. The monoisotopic (exact) mass is 433 g/mol. The maximum Gasteiger partial charge on any atom is 0.259 e. The number of carbonyl (C=O) groups is 1. The topological polar surface area (TPSA) is 83.9 Å². The van der Waals surface area contributed by atoms with Crippen LogP contribution < -0.4 is 5.56 Å². The highest BCUT2D eigenvalue weighted by atomic mass is 32.1. The van der Waals surface area contributed by atoms with Gasteiger partial charge in [0.05, 0.1) is 17.3 Å². The van der Waals surface area contributed by atoms with Crippen molar-refractivity contribution in [3.8, 4) is 5.69 Å². The fourth-order valence-electron chi connectivity index (χ4n) is 4.11. The lowest BCUT2D eigenvalue weighted by molar-refractivity contribution is -0.130. The van der Waals surface area contributed by atoms with Crippen LogP contribution in [0, 0.1) is 0 Å². The predicted octanol–water partition coefficient (Wildman–Crippen LogP) is 3.25. The molecule has 0 radical (unpaired) electrons. The number of thiophene rings is 1. The van der Waals surface area contributed by atoms with Gasteiger partial charge in [-0.2, -0.15) is 5.10 Å². The highest BCUT2D eigenvalue weighted by Crippen LogP contribution is 2.34. The Morgan fingerprint density at radius 3 is 2.94 bits per heavy atom. The van der Waals surface area contributed by atoms with E-state index in [1.165, 1.54) is 10.4 Å². The maximum absolute atomic E-state index is 12.6. The molecule has 0 fully saturated rings. The van der Waals surface area contributed by atoms with Crippen LogP contribution in [0.15, 0.2) is 47.5 Å². The third kappa shape index (κ3) is 3.90. The van der Waals surface area contributed by atoms with Crippen molar-refractivity contribution >= 4 is 27.5 Å². The molecule has 1 aliphatic carbocycles. The van der Waals surface area contributed by atoms with Crippen molar-refractivity contribution in [2.45, 2.75) is 38.6 Å². The van der Waals surface area contributed by atoms with Gasteiger partial charge in [0, 0.05) is 43.1 Å². The summed E-state index contributed by atoms with van der Waals surface area (Å²) in [5.41, 5.74) is 3.04. The summed E-state index contributed by atoms with van der Waals surface area (Å²) in [7, 11) is 1.78. The van der Waals surface area contributed by atoms with E-state index >= 15 is 0 Å². The van der Waals surface area contributed by atoms with E-state index in [4.69, 9.17) is 0 Å². The standard InChI is InChI=1S/C23H23N5O2S/c1-27(13-15-12-24-28(14-15)16-6-3-2-4-7-16)20(29)11-10-19-25-22(30)21-17-8-5-9-18(17)31-23(21)26-19/h2-4,6-7,12,14H,5,8-11,13H2,1H3,(H,25,26,30). The first-order chi connectivity index (χ1) is 15.1. The Labute approximate surface area is 183 Å². The zero-order valence-electron chi connectivity index (χ0n) is 17.3.